The third-order valence-electron chi connectivity index (χ3n) is 5.17. The summed E-state index contributed by atoms with van der Waals surface area (Å²) in [6.45, 7) is 10.9. The molecule has 3 aromatic rings. The summed E-state index contributed by atoms with van der Waals surface area (Å²) >= 11 is 0. The second kappa shape index (κ2) is 7.89. The van der Waals surface area contributed by atoms with E-state index in [-0.39, 0.29) is 11.6 Å². The second-order valence-corrected chi connectivity index (χ2v) is 7.41. The van der Waals surface area contributed by atoms with E-state index in [0.717, 1.165) is 38.8 Å². The molecular weight excluding hydrogens is 350 g/mol. The average molecular weight is 377 g/mol. The standard InChI is InChI=1S/C23H27N3O2/c1-6-26(23(28)24-19-8-7-15(3)16(4)11-19)13-18-12-21(27)25-22-17(5)9-14(2)10-20(18)22/h7-12H,6,13H2,1-5H3,(H,24,28)(H,25,27). The number of H-pyrrole nitrogens is 1. The van der Waals surface area contributed by atoms with Crippen LogP contribution >= 0.6 is 0 Å². The van der Waals surface area contributed by atoms with E-state index in [1.165, 1.54) is 5.56 Å². The number of aromatic nitrogens is 1. The van der Waals surface area contributed by atoms with Gasteiger partial charge in [0, 0.05) is 30.2 Å². The predicted molar refractivity (Wildman–Crippen MR) is 115 cm³/mol. The molecule has 146 valence electrons. The van der Waals surface area contributed by atoms with Gasteiger partial charge in [0.15, 0.2) is 0 Å². The number of hydrogen-bond donors (Lipinski definition) is 2. The number of aromatic amines is 1. The highest BCUT2D eigenvalue weighted by molar-refractivity contribution is 5.90. The van der Waals surface area contributed by atoms with E-state index in [4.69, 9.17) is 0 Å². The Kier molecular flexibility index (Phi) is 5.54. The van der Waals surface area contributed by atoms with E-state index in [2.05, 4.69) is 16.4 Å². The molecule has 1 aromatic heterocycles. The van der Waals surface area contributed by atoms with Gasteiger partial charge in [-0.05, 0) is 75.1 Å². The number of urea groups is 1. The third kappa shape index (κ3) is 4.09. The van der Waals surface area contributed by atoms with Crippen LogP contribution in [0.15, 0.2) is 41.2 Å². The summed E-state index contributed by atoms with van der Waals surface area (Å²) in [5, 5.41) is 3.95. The Morgan fingerprint density at radius 1 is 1.00 bits per heavy atom. The van der Waals surface area contributed by atoms with E-state index in [0.29, 0.717) is 13.1 Å². The van der Waals surface area contributed by atoms with Gasteiger partial charge in [-0.25, -0.2) is 4.79 Å². The molecule has 0 saturated heterocycles. The van der Waals surface area contributed by atoms with E-state index >= 15 is 0 Å². The number of benzene rings is 2. The van der Waals surface area contributed by atoms with Gasteiger partial charge in [0.1, 0.15) is 0 Å². The van der Waals surface area contributed by atoms with Gasteiger partial charge in [0.05, 0.1) is 5.52 Å². The van der Waals surface area contributed by atoms with Gasteiger partial charge in [0.2, 0.25) is 5.56 Å². The smallest absolute Gasteiger partial charge is 0.322 e. The maximum atomic E-state index is 12.8. The molecule has 0 bridgehead atoms. The fraction of sp³-hybridized carbons (Fsp3) is 0.304. The van der Waals surface area contributed by atoms with Crippen LogP contribution in [0.2, 0.25) is 0 Å². The van der Waals surface area contributed by atoms with Crippen LogP contribution in [-0.4, -0.2) is 22.5 Å². The lowest BCUT2D eigenvalue weighted by Gasteiger charge is -2.23. The maximum Gasteiger partial charge on any atom is 0.322 e. The van der Waals surface area contributed by atoms with E-state index in [9.17, 15) is 9.59 Å². The molecule has 0 saturated carbocycles. The molecule has 28 heavy (non-hydrogen) atoms. The van der Waals surface area contributed by atoms with Crippen molar-refractivity contribution in [1.29, 1.82) is 0 Å². The molecule has 2 aromatic carbocycles. The number of anilines is 1. The lowest BCUT2D eigenvalue weighted by molar-refractivity contribution is 0.212. The SMILES string of the molecule is CCN(Cc1cc(=O)[nH]c2c(C)cc(C)cc12)C(=O)Nc1ccc(C)c(C)c1. The van der Waals surface area contributed by atoms with Gasteiger partial charge in [-0.3, -0.25) is 4.79 Å². The lowest BCUT2D eigenvalue weighted by Crippen LogP contribution is -2.34. The van der Waals surface area contributed by atoms with Gasteiger partial charge in [-0.2, -0.15) is 0 Å². The number of hydrogen-bond acceptors (Lipinski definition) is 2. The average Bonchev–Trinajstić information content (AvgIpc) is 2.63. The summed E-state index contributed by atoms with van der Waals surface area (Å²) in [7, 11) is 0. The molecule has 0 unspecified atom stereocenters. The molecule has 0 atom stereocenters. The highest BCUT2D eigenvalue weighted by Gasteiger charge is 2.15. The van der Waals surface area contributed by atoms with Crippen LogP contribution in [0.1, 0.15) is 34.7 Å². The first-order valence-electron chi connectivity index (χ1n) is 9.55. The number of rotatable bonds is 4. The minimum atomic E-state index is -0.177. The quantitative estimate of drug-likeness (QED) is 0.685. The van der Waals surface area contributed by atoms with Crippen molar-refractivity contribution in [3.8, 4) is 0 Å². The molecule has 5 heteroatoms. The molecule has 2 N–H and O–H groups in total. The topological polar surface area (TPSA) is 65.2 Å². The summed E-state index contributed by atoms with van der Waals surface area (Å²) in [5.74, 6) is 0. The van der Waals surface area contributed by atoms with Crippen LogP contribution in [0.3, 0.4) is 0 Å². The molecule has 3 rings (SSSR count). The Bertz CT molecular complexity index is 1100. The van der Waals surface area contributed by atoms with Crippen molar-refractivity contribution in [2.45, 2.75) is 41.2 Å². The Morgan fingerprint density at radius 2 is 1.75 bits per heavy atom. The molecule has 1 heterocycles. The van der Waals surface area contributed by atoms with Crippen LogP contribution < -0.4 is 10.9 Å². The minimum Gasteiger partial charge on any atom is -0.322 e. The van der Waals surface area contributed by atoms with Crippen LogP contribution in [-0.2, 0) is 6.54 Å². The Balaban J connectivity index is 1.91. The first-order chi connectivity index (χ1) is 13.3. The highest BCUT2D eigenvalue weighted by atomic mass is 16.2. The Labute approximate surface area is 165 Å². The van der Waals surface area contributed by atoms with Crippen molar-refractivity contribution < 1.29 is 4.79 Å². The van der Waals surface area contributed by atoms with Crippen molar-refractivity contribution >= 4 is 22.6 Å². The molecule has 5 nitrogen and oxygen atoms in total. The number of nitrogens with zero attached hydrogens (tertiary/aromatic N) is 1. The molecule has 0 fully saturated rings. The predicted octanol–water partition coefficient (Wildman–Crippen LogP) is 4.82. The largest absolute Gasteiger partial charge is 0.322 e. The Morgan fingerprint density at radius 3 is 2.43 bits per heavy atom. The van der Waals surface area contributed by atoms with Crippen molar-refractivity contribution in [1.82, 2.24) is 9.88 Å². The first-order valence-corrected chi connectivity index (χ1v) is 9.55. The molecule has 0 aliphatic heterocycles. The monoisotopic (exact) mass is 377 g/mol. The van der Waals surface area contributed by atoms with Crippen LogP contribution in [0.25, 0.3) is 10.9 Å². The zero-order valence-corrected chi connectivity index (χ0v) is 17.1. The summed E-state index contributed by atoms with van der Waals surface area (Å²) in [4.78, 5) is 29.6. The number of pyridine rings is 1. The Hall–Kier alpha value is -3.08. The molecule has 0 aliphatic rings. The number of nitrogens with one attached hydrogen (secondary N) is 2. The summed E-state index contributed by atoms with van der Waals surface area (Å²) in [6, 6.07) is 11.4. The van der Waals surface area contributed by atoms with Gasteiger partial charge >= 0.3 is 6.03 Å². The van der Waals surface area contributed by atoms with E-state index in [1.807, 2.05) is 58.9 Å². The van der Waals surface area contributed by atoms with E-state index in [1.54, 1.807) is 11.0 Å². The van der Waals surface area contributed by atoms with Gasteiger partial charge in [-0.1, -0.05) is 17.7 Å². The zero-order valence-electron chi connectivity index (χ0n) is 17.1. The zero-order chi connectivity index (χ0) is 20.4. The minimum absolute atomic E-state index is 0.153. The second-order valence-electron chi connectivity index (χ2n) is 7.41. The van der Waals surface area contributed by atoms with Crippen molar-refractivity contribution in [2.24, 2.45) is 0 Å². The first kappa shape index (κ1) is 19.7. The summed E-state index contributed by atoms with van der Waals surface area (Å²) in [5.41, 5.74) is 6.77. The van der Waals surface area contributed by atoms with Crippen LogP contribution in [0.4, 0.5) is 10.5 Å². The number of carbonyl (C=O) groups excluding carboxylic acids is 1. The highest BCUT2D eigenvalue weighted by Crippen LogP contribution is 2.22. The number of amides is 2. The summed E-state index contributed by atoms with van der Waals surface area (Å²) in [6.07, 6.45) is 0. The van der Waals surface area contributed by atoms with Gasteiger partial charge in [0.25, 0.3) is 0 Å². The van der Waals surface area contributed by atoms with Crippen molar-refractivity contribution in [3.05, 3.63) is 74.6 Å². The van der Waals surface area contributed by atoms with Crippen molar-refractivity contribution in [2.75, 3.05) is 11.9 Å². The fourth-order valence-electron chi connectivity index (χ4n) is 3.47. The van der Waals surface area contributed by atoms with Gasteiger partial charge < -0.3 is 15.2 Å². The van der Waals surface area contributed by atoms with Crippen LogP contribution in [0.5, 0.6) is 0 Å². The molecule has 0 aliphatic carbocycles. The van der Waals surface area contributed by atoms with Crippen molar-refractivity contribution in [3.63, 3.8) is 0 Å². The normalized spacial score (nSPS) is 10.9. The fourth-order valence-corrected chi connectivity index (χ4v) is 3.47. The maximum absolute atomic E-state index is 12.8. The number of fused-ring (bicyclic) bond motifs is 1. The van der Waals surface area contributed by atoms with E-state index < -0.39 is 0 Å². The number of carbonyl (C=O) groups is 1. The molecule has 0 radical (unpaired) electrons. The molecular formula is C23H27N3O2. The third-order valence-corrected chi connectivity index (χ3v) is 5.17. The summed E-state index contributed by atoms with van der Waals surface area (Å²) < 4.78 is 0. The van der Waals surface area contributed by atoms with Crippen LogP contribution in [0, 0.1) is 27.7 Å². The molecule has 0 spiro atoms. The van der Waals surface area contributed by atoms with Gasteiger partial charge in [-0.15, -0.1) is 0 Å². The number of aryl methyl sites for hydroxylation is 4. The lowest BCUT2D eigenvalue weighted by atomic mass is 10.0. The molecule has 2 amide bonds.